The van der Waals surface area contributed by atoms with Gasteiger partial charge in [0, 0.05) is 48.0 Å². The van der Waals surface area contributed by atoms with E-state index in [-0.39, 0.29) is 5.88 Å². The Balaban J connectivity index is 1.30. The summed E-state index contributed by atoms with van der Waals surface area (Å²) in [6.45, 7) is 3.17. The highest BCUT2D eigenvalue weighted by Gasteiger charge is 2.14. The standard InChI is InChI=1S/C23H21N7O2/c31-23-18-3-1-15(11-16(18)12-27-23)19-14-26-21(22-24-5-6-30(19)22)28-17-2-4-20(25-13-17)29-7-9-32-10-8-29/h1-6,11-14,27,31H,7-10H2,(H,26,28). The van der Waals surface area contributed by atoms with Crippen molar-refractivity contribution in [1.82, 2.24) is 24.3 Å². The fourth-order valence-electron chi connectivity index (χ4n) is 4.08. The van der Waals surface area contributed by atoms with Gasteiger partial charge in [-0.15, -0.1) is 0 Å². The van der Waals surface area contributed by atoms with Gasteiger partial charge >= 0.3 is 0 Å². The number of hydrogen-bond acceptors (Lipinski definition) is 7. The van der Waals surface area contributed by atoms with Crippen LogP contribution in [0, 0.1) is 0 Å². The number of benzene rings is 1. The van der Waals surface area contributed by atoms with Gasteiger partial charge in [0.05, 0.1) is 37.0 Å². The summed E-state index contributed by atoms with van der Waals surface area (Å²) in [5.41, 5.74) is 3.45. The molecule has 1 aliphatic rings. The van der Waals surface area contributed by atoms with Gasteiger partial charge < -0.3 is 25.0 Å². The van der Waals surface area contributed by atoms with Gasteiger partial charge in [-0.25, -0.2) is 15.0 Å². The Morgan fingerprint density at radius 1 is 1.03 bits per heavy atom. The molecule has 1 fully saturated rings. The van der Waals surface area contributed by atoms with E-state index in [0.717, 1.165) is 65.5 Å². The zero-order chi connectivity index (χ0) is 21.5. The zero-order valence-corrected chi connectivity index (χ0v) is 17.2. The Bertz CT molecular complexity index is 1400. The van der Waals surface area contributed by atoms with Crippen molar-refractivity contribution in [2.24, 2.45) is 0 Å². The van der Waals surface area contributed by atoms with Crippen LogP contribution in [-0.4, -0.2) is 55.7 Å². The van der Waals surface area contributed by atoms with Crippen LogP contribution < -0.4 is 10.2 Å². The van der Waals surface area contributed by atoms with Crippen molar-refractivity contribution < 1.29 is 9.84 Å². The number of fused-ring (bicyclic) bond motifs is 2. The van der Waals surface area contributed by atoms with Gasteiger partial charge in [0.1, 0.15) is 5.82 Å². The van der Waals surface area contributed by atoms with E-state index < -0.39 is 0 Å². The molecule has 6 rings (SSSR count). The average Bonchev–Trinajstić information content (AvgIpc) is 3.48. The molecule has 0 aliphatic carbocycles. The van der Waals surface area contributed by atoms with Crippen LogP contribution in [0.5, 0.6) is 5.88 Å². The summed E-state index contributed by atoms with van der Waals surface area (Å²) in [4.78, 5) is 18.8. The van der Waals surface area contributed by atoms with E-state index in [1.165, 1.54) is 0 Å². The Kier molecular flexibility index (Phi) is 4.39. The molecule has 0 bridgehead atoms. The lowest BCUT2D eigenvalue weighted by atomic mass is 10.1. The first-order chi connectivity index (χ1) is 15.8. The first-order valence-electron chi connectivity index (χ1n) is 10.4. The lowest BCUT2D eigenvalue weighted by molar-refractivity contribution is 0.122. The molecule has 5 heterocycles. The van der Waals surface area contributed by atoms with E-state index in [9.17, 15) is 5.11 Å². The second kappa shape index (κ2) is 7.54. The lowest BCUT2D eigenvalue weighted by Gasteiger charge is -2.27. The Labute approximate surface area is 183 Å². The summed E-state index contributed by atoms with van der Waals surface area (Å²) in [5.74, 6) is 1.77. The lowest BCUT2D eigenvalue weighted by Crippen LogP contribution is -2.36. The molecule has 9 heteroatoms. The monoisotopic (exact) mass is 427 g/mol. The number of pyridine rings is 1. The molecule has 160 valence electrons. The normalized spacial score (nSPS) is 14.3. The van der Waals surface area contributed by atoms with Crippen LogP contribution in [0.25, 0.3) is 27.7 Å². The molecule has 0 saturated carbocycles. The second-order valence-corrected chi connectivity index (χ2v) is 7.68. The summed E-state index contributed by atoms with van der Waals surface area (Å²) in [7, 11) is 0. The summed E-state index contributed by atoms with van der Waals surface area (Å²) in [6, 6.07) is 9.88. The number of rotatable bonds is 4. The number of anilines is 3. The molecule has 9 nitrogen and oxygen atoms in total. The summed E-state index contributed by atoms with van der Waals surface area (Å²) < 4.78 is 7.41. The highest BCUT2D eigenvalue weighted by Crippen LogP contribution is 2.30. The smallest absolute Gasteiger partial charge is 0.196 e. The van der Waals surface area contributed by atoms with Crippen molar-refractivity contribution >= 4 is 33.7 Å². The second-order valence-electron chi connectivity index (χ2n) is 7.68. The fraction of sp³-hybridized carbons (Fsp3) is 0.174. The quantitative estimate of drug-likeness (QED) is 0.403. The molecule has 0 spiro atoms. The third-order valence-corrected chi connectivity index (χ3v) is 5.74. The minimum absolute atomic E-state index is 0.172. The zero-order valence-electron chi connectivity index (χ0n) is 17.2. The van der Waals surface area contributed by atoms with Crippen LogP contribution in [0.15, 0.2) is 61.3 Å². The number of ether oxygens (including phenoxy) is 1. The van der Waals surface area contributed by atoms with Gasteiger partial charge in [0.2, 0.25) is 0 Å². The van der Waals surface area contributed by atoms with Crippen molar-refractivity contribution in [2.45, 2.75) is 0 Å². The van der Waals surface area contributed by atoms with Gasteiger partial charge in [-0.2, -0.15) is 0 Å². The van der Waals surface area contributed by atoms with Gasteiger partial charge in [0.25, 0.3) is 0 Å². The molecule has 0 radical (unpaired) electrons. The van der Waals surface area contributed by atoms with Gasteiger partial charge in [-0.05, 0) is 24.3 Å². The number of aromatic hydroxyl groups is 1. The maximum atomic E-state index is 9.87. The van der Waals surface area contributed by atoms with Gasteiger partial charge in [-0.3, -0.25) is 4.40 Å². The number of imidazole rings is 1. The number of nitrogens with zero attached hydrogens (tertiary/aromatic N) is 5. The third kappa shape index (κ3) is 3.19. The van der Waals surface area contributed by atoms with E-state index >= 15 is 0 Å². The summed E-state index contributed by atoms with van der Waals surface area (Å²) in [6.07, 6.45) is 9.09. The Morgan fingerprint density at radius 3 is 2.78 bits per heavy atom. The SMILES string of the molecule is Oc1[nH]cc2cc(-c3cnc(Nc4ccc(N5CCOCC5)nc4)c4nccn34)ccc12. The molecular weight excluding hydrogens is 406 g/mol. The van der Waals surface area contributed by atoms with Gasteiger partial charge in [0.15, 0.2) is 17.3 Å². The minimum Gasteiger partial charge on any atom is -0.494 e. The molecular formula is C23H21N7O2. The van der Waals surface area contributed by atoms with Crippen molar-refractivity contribution in [3.8, 4) is 17.1 Å². The van der Waals surface area contributed by atoms with Crippen LogP contribution in [-0.2, 0) is 4.74 Å². The molecule has 0 atom stereocenters. The predicted octanol–water partition coefficient (Wildman–Crippen LogP) is 3.56. The largest absolute Gasteiger partial charge is 0.494 e. The van der Waals surface area contributed by atoms with Crippen molar-refractivity contribution in [3.63, 3.8) is 0 Å². The molecule has 1 saturated heterocycles. The maximum Gasteiger partial charge on any atom is 0.196 e. The van der Waals surface area contributed by atoms with E-state index in [4.69, 9.17) is 4.74 Å². The molecule has 3 N–H and O–H groups in total. The average molecular weight is 427 g/mol. The first-order valence-corrected chi connectivity index (χ1v) is 10.4. The van der Waals surface area contributed by atoms with Gasteiger partial charge in [-0.1, -0.05) is 6.07 Å². The van der Waals surface area contributed by atoms with E-state index in [0.29, 0.717) is 5.82 Å². The van der Waals surface area contributed by atoms with Crippen molar-refractivity contribution in [1.29, 1.82) is 0 Å². The molecule has 5 aromatic rings. The number of nitrogens with one attached hydrogen (secondary N) is 2. The van der Waals surface area contributed by atoms with Crippen LogP contribution >= 0.6 is 0 Å². The number of hydrogen-bond donors (Lipinski definition) is 3. The van der Waals surface area contributed by atoms with E-state index in [1.807, 2.05) is 53.3 Å². The number of aromatic nitrogens is 5. The number of morpholine rings is 1. The van der Waals surface area contributed by atoms with E-state index in [1.54, 1.807) is 12.4 Å². The van der Waals surface area contributed by atoms with Crippen LogP contribution in [0.1, 0.15) is 0 Å². The van der Waals surface area contributed by atoms with Crippen LogP contribution in [0.3, 0.4) is 0 Å². The van der Waals surface area contributed by atoms with Crippen LogP contribution in [0.2, 0.25) is 0 Å². The predicted molar refractivity (Wildman–Crippen MR) is 122 cm³/mol. The third-order valence-electron chi connectivity index (χ3n) is 5.74. The molecule has 32 heavy (non-hydrogen) atoms. The number of H-pyrrole nitrogens is 1. The minimum atomic E-state index is 0.172. The summed E-state index contributed by atoms with van der Waals surface area (Å²) >= 11 is 0. The molecule has 1 aromatic carbocycles. The number of aromatic amines is 1. The molecule has 0 amide bonds. The highest BCUT2D eigenvalue weighted by molar-refractivity contribution is 5.91. The topological polar surface area (TPSA) is 104 Å². The fourth-order valence-corrected chi connectivity index (χ4v) is 4.08. The van der Waals surface area contributed by atoms with Crippen molar-refractivity contribution in [3.05, 3.63) is 61.3 Å². The van der Waals surface area contributed by atoms with Crippen LogP contribution in [0.4, 0.5) is 17.3 Å². The molecule has 4 aromatic heterocycles. The highest BCUT2D eigenvalue weighted by atomic mass is 16.5. The Hall–Kier alpha value is -4.11. The van der Waals surface area contributed by atoms with Crippen molar-refractivity contribution in [2.75, 3.05) is 36.5 Å². The Morgan fingerprint density at radius 2 is 1.94 bits per heavy atom. The maximum absolute atomic E-state index is 9.87. The van der Waals surface area contributed by atoms with E-state index in [2.05, 4.69) is 30.2 Å². The first kappa shape index (κ1) is 18.6. The molecule has 1 aliphatic heterocycles. The molecule has 0 unspecified atom stereocenters. The summed E-state index contributed by atoms with van der Waals surface area (Å²) in [5, 5.41) is 14.9.